The molecule has 4 heteroatoms. The summed E-state index contributed by atoms with van der Waals surface area (Å²) in [5.74, 6) is 0.798. The molecule has 1 amide bonds. The molecule has 1 N–H and O–H groups in total. The molecule has 1 fully saturated rings. The molecule has 0 saturated carbocycles. The summed E-state index contributed by atoms with van der Waals surface area (Å²) < 4.78 is 0. The number of benzene rings is 1. The van der Waals surface area contributed by atoms with Crippen molar-refractivity contribution in [3.05, 3.63) is 29.8 Å². The molecule has 0 unspecified atom stereocenters. The van der Waals surface area contributed by atoms with E-state index >= 15 is 0 Å². The van der Waals surface area contributed by atoms with Crippen LogP contribution < -0.4 is 5.32 Å². The van der Waals surface area contributed by atoms with Crippen molar-refractivity contribution in [2.24, 2.45) is 0 Å². The highest BCUT2D eigenvalue weighted by Crippen LogP contribution is 2.19. The first-order valence-electron chi connectivity index (χ1n) is 6.50. The number of hydrogen-bond donors (Lipinski definition) is 1. The summed E-state index contributed by atoms with van der Waals surface area (Å²) in [6.45, 7) is 5.67. The second-order valence-corrected chi connectivity index (χ2v) is 5.47. The SMILES string of the molecule is CCc1ccc(SCC(=O)N2CCNCC2)cc1. The van der Waals surface area contributed by atoms with Crippen LogP contribution in [0.4, 0.5) is 0 Å². The van der Waals surface area contributed by atoms with E-state index in [0.717, 1.165) is 32.6 Å². The highest BCUT2D eigenvalue weighted by molar-refractivity contribution is 8.00. The first kappa shape index (κ1) is 13.4. The van der Waals surface area contributed by atoms with E-state index in [2.05, 4.69) is 36.5 Å². The van der Waals surface area contributed by atoms with Crippen molar-refractivity contribution < 1.29 is 4.79 Å². The first-order valence-corrected chi connectivity index (χ1v) is 7.48. The number of carbonyl (C=O) groups excluding carboxylic acids is 1. The molecule has 3 nitrogen and oxygen atoms in total. The van der Waals surface area contributed by atoms with Gasteiger partial charge in [-0.15, -0.1) is 11.8 Å². The lowest BCUT2D eigenvalue weighted by Gasteiger charge is -2.27. The Morgan fingerprint density at radius 1 is 1.28 bits per heavy atom. The number of thioether (sulfide) groups is 1. The van der Waals surface area contributed by atoms with Gasteiger partial charge < -0.3 is 10.2 Å². The molecule has 1 aromatic carbocycles. The molecule has 1 aliphatic rings. The molecule has 18 heavy (non-hydrogen) atoms. The van der Waals surface area contributed by atoms with Gasteiger partial charge in [0.15, 0.2) is 0 Å². The van der Waals surface area contributed by atoms with Gasteiger partial charge in [0.2, 0.25) is 5.91 Å². The van der Waals surface area contributed by atoms with E-state index in [9.17, 15) is 4.79 Å². The molecule has 1 heterocycles. The lowest BCUT2D eigenvalue weighted by molar-refractivity contribution is -0.128. The second-order valence-electron chi connectivity index (χ2n) is 4.42. The minimum absolute atomic E-state index is 0.251. The van der Waals surface area contributed by atoms with Crippen LogP contribution in [0.2, 0.25) is 0 Å². The van der Waals surface area contributed by atoms with Crippen molar-refractivity contribution >= 4 is 17.7 Å². The zero-order valence-corrected chi connectivity index (χ0v) is 11.6. The molecule has 1 aliphatic heterocycles. The van der Waals surface area contributed by atoms with Crippen LogP contribution >= 0.6 is 11.8 Å². The molecular weight excluding hydrogens is 244 g/mol. The van der Waals surface area contributed by atoms with Gasteiger partial charge in [-0.1, -0.05) is 19.1 Å². The van der Waals surface area contributed by atoms with Crippen LogP contribution in [0.1, 0.15) is 12.5 Å². The fourth-order valence-corrected chi connectivity index (χ4v) is 2.77. The van der Waals surface area contributed by atoms with E-state index in [1.54, 1.807) is 11.8 Å². The van der Waals surface area contributed by atoms with Crippen molar-refractivity contribution in [3.8, 4) is 0 Å². The van der Waals surface area contributed by atoms with Crippen LogP contribution in [0.3, 0.4) is 0 Å². The molecule has 0 spiro atoms. The van der Waals surface area contributed by atoms with Gasteiger partial charge >= 0.3 is 0 Å². The number of nitrogens with zero attached hydrogens (tertiary/aromatic N) is 1. The van der Waals surface area contributed by atoms with Crippen LogP contribution in [0.5, 0.6) is 0 Å². The Balaban J connectivity index is 1.80. The Bertz CT molecular complexity index is 385. The first-order chi connectivity index (χ1) is 8.79. The summed E-state index contributed by atoms with van der Waals surface area (Å²) in [6.07, 6.45) is 1.06. The molecule has 0 aliphatic carbocycles. The van der Waals surface area contributed by atoms with Crippen molar-refractivity contribution in [1.82, 2.24) is 10.2 Å². The molecule has 0 atom stereocenters. The van der Waals surface area contributed by atoms with Crippen LogP contribution in [0, 0.1) is 0 Å². The molecule has 0 aromatic heterocycles. The van der Waals surface area contributed by atoms with Crippen molar-refractivity contribution in [2.75, 3.05) is 31.9 Å². The number of carbonyl (C=O) groups is 1. The maximum atomic E-state index is 12.0. The van der Waals surface area contributed by atoms with Crippen LogP contribution in [0.15, 0.2) is 29.2 Å². The highest BCUT2D eigenvalue weighted by Gasteiger charge is 2.15. The van der Waals surface area contributed by atoms with E-state index < -0.39 is 0 Å². The topological polar surface area (TPSA) is 32.3 Å². The molecular formula is C14H20N2OS. The Morgan fingerprint density at radius 3 is 2.56 bits per heavy atom. The number of hydrogen-bond acceptors (Lipinski definition) is 3. The molecule has 1 saturated heterocycles. The van der Waals surface area contributed by atoms with Crippen molar-refractivity contribution in [1.29, 1.82) is 0 Å². The summed E-state index contributed by atoms with van der Waals surface area (Å²) in [4.78, 5) is 15.1. The lowest BCUT2D eigenvalue weighted by atomic mass is 10.2. The van der Waals surface area contributed by atoms with Gasteiger partial charge in [-0.3, -0.25) is 4.79 Å². The van der Waals surface area contributed by atoms with Gasteiger partial charge in [0.1, 0.15) is 0 Å². The number of piperazine rings is 1. The summed E-state index contributed by atoms with van der Waals surface area (Å²) >= 11 is 1.63. The van der Waals surface area contributed by atoms with Crippen LogP contribution in [-0.4, -0.2) is 42.7 Å². The fourth-order valence-electron chi connectivity index (χ4n) is 1.97. The molecule has 0 bridgehead atoms. The van der Waals surface area contributed by atoms with Gasteiger partial charge in [-0.2, -0.15) is 0 Å². The Morgan fingerprint density at radius 2 is 1.94 bits per heavy atom. The Labute approximate surface area is 113 Å². The predicted molar refractivity (Wildman–Crippen MR) is 76.0 cm³/mol. The number of amides is 1. The number of rotatable bonds is 4. The Hall–Kier alpha value is -1.00. The van der Waals surface area contributed by atoms with E-state index in [1.807, 2.05) is 4.90 Å². The zero-order chi connectivity index (χ0) is 12.8. The molecule has 1 aromatic rings. The maximum absolute atomic E-state index is 12.0. The van der Waals surface area contributed by atoms with Crippen LogP contribution in [0.25, 0.3) is 0 Å². The minimum atomic E-state index is 0.251. The van der Waals surface area contributed by atoms with Gasteiger partial charge in [0.05, 0.1) is 5.75 Å². The average Bonchev–Trinajstić information content (AvgIpc) is 2.46. The third-order valence-corrected chi connectivity index (χ3v) is 4.16. The van der Waals surface area contributed by atoms with Gasteiger partial charge in [-0.25, -0.2) is 0 Å². The Kier molecular flexibility index (Phi) is 5.08. The standard InChI is InChI=1S/C14H20N2OS/c1-2-12-3-5-13(6-4-12)18-11-14(17)16-9-7-15-8-10-16/h3-6,15H,2,7-11H2,1H3. The summed E-state index contributed by atoms with van der Waals surface area (Å²) in [5.41, 5.74) is 1.34. The maximum Gasteiger partial charge on any atom is 0.233 e. The van der Waals surface area contributed by atoms with Gasteiger partial charge in [0, 0.05) is 31.1 Å². The lowest BCUT2D eigenvalue weighted by Crippen LogP contribution is -2.47. The summed E-state index contributed by atoms with van der Waals surface area (Å²) in [6, 6.07) is 8.48. The largest absolute Gasteiger partial charge is 0.339 e. The third-order valence-electron chi connectivity index (χ3n) is 3.16. The molecule has 2 rings (SSSR count). The average molecular weight is 264 g/mol. The number of aryl methyl sites for hydroxylation is 1. The summed E-state index contributed by atoms with van der Waals surface area (Å²) in [7, 11) is 0. The molecule has 98 valence electrons. The zero-order valence-electron chi connectivity index (χ0n) is 10.8. The van der Waals surface area contributed by atoms with Gasteiger partial charge in [-0.05, 0) is 24.1 Å². The van der Waals surface area contributed by atoms with Crippen molar-refractivity contribution in [3.63, 3.8) is 0 Å². The quantitative estimate of drug-likeness (QED) is 0.841. The van der Waals surface area contributed by atoms with Crippen molar-refractivity contribution in [2.45, 2.75) is 18.2 Å². The van der Waals surface area contributed by atoms with Gasteiger partial charge in [0.25, 0.3) is 0 Å². The smallest absolute Gasteiger partial charge is 0.233 e. The summed E-state index contributed by atoms with van der Waals surface area (Å²) in [5, 5.41) is 3.26. The normalized spacial score (nSPS) is 15.7. The molecule has 0 radical (unpaired) electrons. The van der Waals surface area contributed by atoms with E-state index in [-0.39, 0.29) is 5.91 Å². The van der Waals surface area contributed by atoms with Crippen LogP contribution in [-0.2, 0) is 11.2 Å². The van der Waals surface area contributed by atoms with E-state index in [0.29, 0.717) is 5.75 Å². The predicted octanol–water partition coefficient (Wildman–Crippen LogP) is 1.77. The fraction of sp³-hybridized carbons (Fsp3) is 0.500. The van der Waals surface area contributed by atoms with E-state index in [1.165, 1.54) is 10.5 Å². The monoisotopic (exact) mass is 264 g/mol. The number of nitrogens with one attached hydrogen (secondary N) is 1. The highest BCUT2D eigenvalue weighted by atomic mass is 32.2. The minimum Gasteiger partial charge on any atom is -0.339 e. The third kappa shape index (κ3) is 3.75. The van der Waals surface area contributed by atoms with E-state index in [4.69, 9.17) is 0 Å². The second kappa shape index (κ2) is 6.81.